The summed E-state index contributed by atoms with van der Waals surface area (Å²) in [5.41, 5.74) is 4.61. The lowest BCUT2D eigenvalue weighted by molar-refractivity contribution is 0.585. The van der Waals surface area contributed by atoms with Crippen molar-refractivity contribution in [2.24, 2.45) is 14.1 Å². The molecule has 0 bridgehead atoms. The van der Waals surface area contributed by atoms with Crippen molar-refractivity contribution in [1.29, 1.82) is 0 Å². The van der Waals surface area contributed by atoms with Crippen LogP contribution in [0.3, 0.4) is 0 Å². The standard InChI is InChI=1S/C22H20F2N4O/c1-26-18-8-3-13(9-19(18)27(2)22(26)29)11-28-12-25-20(21(28)14-4-5-14)16-7-6-15(23)10-17(16)24/h3,6-10,12,14H,4-5,11H2,1-2H3. The first kappa shape index (κ1) is 17.8. The largest absolute Gasteiger partial charge is 0.329 e. The molecule has 0 amide bonds. The lowest BCUT2D eigenvalue weighted by atomic mass is 10.1. The minimum atomic E-state index is -0.599. The van der Waals surface area contributed by atoms with Crippen LogP contribution >= 0.6 is 0 Å². The van der Waals surface area contributed by atoms with Crippen LogP contribution in [0.1, 0.15) is 30.0 Å². The number of halogens is 2. The second kappa shape index (κ2) is 6.40. The molecule has 0 spiro atoms. The molecular formula is C22H20F2N4O. The van der Waals surface area contributed by atoms with Crippen LogP contribution in [-0.2, 0) is 20.6 Å². The predicted molar refractivity (Wildman–Crippen MR) is 107 cm³/mol. The van der Waals surface area contributed by atoms with E-state index in [0.717, 1.165) is 41.2 Å². The fraction of sp³-hybridized carbons (Fsp3) is 0.273. The van der Waals surface area contributed by atoms with Crippen LogP contribution in [0.2, 0.25) is 0 Å². The lowest BCUT2D eigenvalue weighted by Gasteiger charge is -2.11. The first-order chi connectivity index (χ1) is 13.9. The molecule has 0 N–H and O–H groups in total. The van der Waals surface area contributed by atoms with Crippen LogP contribution in [0.4, 0.5) is 8.78 Å². The summed E-state index contributed by atoms with van der Waals surface area (Å²) in [7, 11) is 3.52. The summed E-state index contributed by atoms with van der Waals surface area (Å²) in [6, 6.07) is 9.56. The Balaban J connectivity index is 1.57. The number of benzene rings is 2. The van der Waals surface area contributed by atoms with E-state index in [2.05, 4.69) is 4.98 Å². The second-order valence-electron chi connectivity index (χ2n) is 7.73. The molecule has 7 heteroatoms. The van der Waals surface area contributed by atoms with Crippen molar-refractivity contribution >= 4 is 11.0 Å². The van der Waals surface area contributed by atoms with Gasteiger partial charge < -0.3 is 4.57 Å². The Bertz CT molecular complexity index is 1310. The summed E-state index contributed by atoms with van der Waals surface area (Å²) in [6.45, 7) is 0.570. The highest BCUT2D eigenvalue weighted by Gasteiger charge is 2.31. The van der Waals surface area contributed by atoms with Gasteiger partial charge in [-0.25, -0.2) is 18.6 Å². The Labute approximate surface area is 165 Å². The van der Waals surface area contributed by atoms with Gasteiger partial charge in [0.2, 0.25) is 0 Å². The van der Waals surface area contributed by atoms with Gasteiger partial charge in [0.05, 0.1) is 23.1 Å². The molecule has 5 nitrogen and oxygen atoms in total. The molecule has 1 saturated carbocycles. The maximum Gasteiger partial charge on any atom is 0.328 e. The Morgan fingerprint density at radius 2 is 1.79 bits per heavy atom. The van der Waals surface area contributed by atoms with Gasteiger partial charge in [-0.15, -0.1) is 0 Å². The van der Waals surface area contributed by atoms with Crippen molar-refractivity contribution in [3.05, 3.63) is 76.1 Å². The van der Waals surface area contributed by atoms with Crippen molar-refractivity contribution in [3.8, 4) is 11.3 Å². The molecular weight excluding hydrogens is 374 g/mol. The third-order valence-corrected chi connectivity index (χ3v) is 5.72. The molecule has 29 heavy (non-hydrogen) atoms. The van der Waals surface area contributed by atoms with Crippen LogP contribution in [-0.4, -0.2) is 18.7 Å². The number of fused-ring (bicyclic) bond motifs is 1. The van der Waals surface area contributed by atoms with Crippen molar-refractivity contribution in [2.75, 3.05) is 0 Å². The van der Waals surface area contributed by atoms with E-state index < -0.39 is 11.6 Å². The first-order valence-corrected chi connectivity index (χ1v) is 9.59. The number of imidazole rings is 2. The Hall–Kier alpha value is -3.22. The molecule has 0 atom stereocenters. The monoisotopic (exact) mass is 394 g/mol. The van der Waals surface area contributed by atoms with Crippen molar-refractivity contribution in [2.45, 2.75) is 25.3 Å². The quantitative estimate of drug-likeness (QED) is 0.526. The van der Waals surface area contributed by atoms with E-state index in [1.54, 1.807) is 29.6 Å². The van der Waals surface area contributed by atoms with Gasteiger partial charge >= 0.3 is 5.69 Å². The Morgan fingerprint density at radius 1 is 1.03 bits per heavy atom. The maximum absolute atomic E-state index is 14.4. The van der Waals surface area contributed by atoms with Gasteiger partial charge in [-0.3, -0.25) is 9.13 Å². The van der Waals surface area contributed by atoms with E-state index in [1.807, 2.05) is 22.8 Å². The Kier molecular flexibility index (Phi) is 3.94. The molecule has 5 rings (SSSR count). The molecule has 0 unspecified atom stereocenters. The van der Waals surface area contributed by atoms with Gasteiger partial charge in [-0.05, 0) is 42.7 Å². The average molecular weight is 394 g/mol. The molecule has 2 aromatic heterocycles. The van der Waals surface area contributed by atoms with Gasteiger partial charge in [0.15, 0.2) is 0 Å². The van der Waals surface area contributed by atoms with Gasteiger partial charge in [-0.2, -0.15) is 0 Å². The number of hydrogen-bond acceptors (Lipinski definition) is 2. The summed E-state index contributed by atoms with van der Waals surface area (Å²) >= 11 is 0. The number of rotatable bonds is 4. The van der Waals surface area contributed by atoms with E-state index >= 15 is 0 Å². The summed E-state index contributed by atoms with van der Waals surface area (Å²) in [5, 5.41) is 0. The average Bonchev–Trinajstić information content (AvgIpc) is 3.42. The number of aryl methyl sites for hydroxylation is 2. The molecule has 1 aliphatic carbocycles. The van der Waals surface area contributed by atoms with Crippen molar-refractivity contribution < 1.29 is 8.78 Å². The molecule has 4 aromatic rings. The highest BCUT2D eigenvalue weighted by atomic mass is 19.1. The summed E-state index contributed by atoms with van der Waals surface area (Å²) < 4.78 is 33.0. The van der Waals surface area contributed by atoms with Crippen molar-refractivity contribution in [3.63, 3.8) is 0 Å². The van der Waals surface area contributed by atoms with Gasteiger partial charge in [0, 0.05) is 43.9 Å². The smallest absolute Gasteiger partial charge is 0.328 e. The molecule has 1 fully saturated rings. The van der Waals surface area contributed by atoms with Crippen LogP contribution in [0, 0.1) is 11.6 Å². The molecule has 0 aliphatic heterocycles. The zero-order chi connectivity index (χ0) is 20.3. The maximum atomic E-state index is 14.4. The highest BCUT2D eigenvalue weighted by Crippen LogP contribution is 2.44. The molecule has 2 heterocycles. The fourth-order valence-corrected chi connectivity index (χ4v) is 4.04. The van der Waals surface area contributed by atoms with E-state index in [-0.39, 0.29) is 5.69 Å². The van der Waals surface area contributed by atoms with Crippen LogP contribution in [0.15, 0.2) is 47.5 Å². The van der Waals surface area contributed by atoms with E-state index in [9.17, 15) is 13.6 Å². The second-order valence-corrected chi connectivity index (χ2v) is 7.73. The molecule has 1 aliphatic rings. The third-order valence-electron chi connectivity index (χ3n) is 5.72. The lowest BCUT2D eigenvalue weighted by Crippen LogP contribution is -2.19. The van der Waals surface area contributed by atoms with Crippen LogP contribution < -0.4 is 5.69 Å². The zero-order valence-electron chi connectivity index (χ0n) is 16.2. The van der Waals surface area contributed by atoms with Gasteiger partial charge in [0.25, 0.3) is 0 Å². The topological polar surface area (TPSA) is 44.8 Å². The fourth-order valence-electron chi connectivity index (χ4n) is 4.04. The summed E-state index contributed by atoms with van der Waals surface area (Å²) in [4.78, 5) is 16.6. The third kappa shape index (κ3) is 2.88. The van der Waals surface area contributed by atoms with Gasteiger partial charge in [-0.1, -0.05) is 6.07 Å². The normalized spacial score (nSPS) is 14.1. The van der Waals surface area contributed by atoms with Crippen LogP contribution in [0.25, 0.3) is 22.3 Å². The number of hydrogen-bond donors (Lipinski definition) is 0. The van der Waals surface area contributed by atoms with Crippen molar-refractivity contribution in [1.82, 2.24) is 18.7 Å². The summed E-state index contributed by atoms with van der Waals surface area (Å²) in [5.74, 6) is -0.861. The number of nitrogens with zero attached hydrogens (tertiary/aromatic N) is 4. The minimum Gasteiger partial charge on any atom is -0.329 e. The van der Waals surface area contributed by atoms with E-state index in [1.165, 1.54) is 12.1 Å². The van der Waals surface area contributed by atoms with E-state index in [4.69, 9.17) is 0 Å². The Morgan fingerprint density at radius 3 is 2.52 bits per heavy atom. The minimum absolute atomic E-state index is 0.0625. The highest BCUT2D eigenvalue weighted by molar-refractivity contribution is 5.76. The molecule has 0 radical (unpaired) electrons. The SMILES string of the molecule is Cn1c(=O)n(C)c2cc(Cn3cnc(-c4ccc(F)cc4F)c3C3CC3)ccc21. The predicted octanol–water partition coefficient (Wildman–Crippen LogP) is 3.94. The number of aromatic nitrogens is 4. The van der Waals surface area contributed by atoms with Gasteiger partial charge in [0.1, 0.15) is 11.6 Å². The van der Waals surface area contributed by atoms with E-state index in [0.29, 0.717) is 23.7 Å². The first-order valence-electron chi connectivity index (χ1n) is 9.59. The molecule has 0 saturated heterocycles. The summed E-state index contributed by atoms with van der Waals surface area (Å²) in [6.07, 6.45) is 3.79. The zero-order valence-corrected chi connectivity index (χ0v) is 16.2. The van der Waals surface area contributed by atoms with Crippen LogP contribution in [0.5, 0.6) is 0 Å². The molecule has 148 valence electrons. The molecule has 2 aromatic carbocycles.